The van der Waals surface area contributed by atoms with Gasteiger partial charge in [-0.25, -0.2) is 4.98 Å². The molecule has 2 rings (SSSR count). The molecule has 2 heterocycles. The third-order valence-electron chi connectivity index (χ3n) is 2.70. The first-order chi connectivity index (χ1) is 6.92. The predicted octanol–water partition coefficient (Wildman–Crippen LogP) is 0.954. The molecule has 1 aliphatic rings. The lowest BCUT2D eigenvalue weighted by Gasteiger charge is -2.13. The standard InChI is InChI=1S/C10H17N3O/c1-14-6-5-13-8-11-7-10(13)9-3-2-4-12-9/h7-9,12H,2-6H2,1H3/t9-/m0/s1. The number of hydrogen-bond donors (Lipinski definition) is 1. The highest BCUT2D eigenvalue weighted by Crippen LogP contribution is 2.22. The third kappa shape index (κ3) is 1.96. The van der Waals surface area contributed by atoms with Crippen LogP contribution in [0.2, 0.25) is 0 Å². The highest BCUT2D eigenvalue weighted by molar-refractivity contribution is 5.07. The summed E-state index contributed by atoms with van der Waals surface area (Å²) in [6.07, 6.45) is 6.33. The van der Waals surface area contributed by atoms with Crippen molar-refractivity contribution < 1.29 is 4.74 Å². The molecule has 1 aromatic rings. The lowest BCUT2D eigenvalue weighted by atomic mass is 10.2. The maximum atomic E-state index is 5.06. The van der Waals surface area contributed by atoms with Gasteiger partial charge in [0, 0.05) is 25.9 Å². The van der Waals surface area contributed by atoms with Gasteiger partial charge in [0.15, 0.2) is 0 Å². The van der Waals surface area contributed by atoms with Gasteiger partial charge in [0.1, 0.15) is 0 Å². The molecule has 14 heavy (non-hydrogen) atoms. The summed E-state index contributed by atoms with van der Waals surface area (Å²) in [5, 5.41) is 3.47. The number of rotatable bonds is 4. The summed E-state index contributed by atoms with van der Waals surface area (Å²) in [6.45, 7) is 2.76. The van der Waals surface area contributed by atoms with Gasteiger partial charge in [-0.15, -0.1) is 0 Å². The molecule has 0 unspecified atom stereocenters. The summed E-state index contributed by atoms with van der Waals surface area (Å²) in [5.74, 6) is 0. The first kappa shape index (κ1) is 9.68. The highest BCUT2D eigenvalue weighted by Gasteiger charge is 2.19. The number of hydrogen-bond acceptors (Lipinski definition) is 3. The van der Waals surface area contributed by atoms with Crippen LogP contribution >= 0.6 is 0 Å². The van der Waals surface area contributed by atoms with Crippen molar-refractivity contribution in [2.45, 2.75) is 25.4 Å². The fourth-order valence-corrected chi connectivity index (χ4v) is 1.93. The van der Waals surface area contributed by atoms with Gasteiger partial charge < -0.3 is 14.6 Å². The minimum absolute atomic E-state index is 0.495. The highest BCUT2D eigenvalue weighted by atomic mass is 16.5. The van der Waals surface area contributed by atoms with Crippen molar-refractivity contribution in [1.29, 1.82) is 0 Å². The van der Waals surface area contributed by atoms with E-state index in [1.807, 2.05) is 12.5 Å². The van der Waals surface area contributed by atoms with E-state index < -0.39 is 0 Å². The number of nitrogens with zero attached hydrogens (tertiary/aromatic N) is 2. The van der Waals surface area contributed by atoms with Crippen LogP contribution in [0, 0.1) is 0 Å². The van der Waals surface area contributed by atoms with E-state index in [2.05, 4.69) is 14.9 Å². The van der Waals surface area contributed by atoms with Crippen molar-refractivity contribution in [3.63, 3.8) is 0 Å². The summed E-state index contributed by atoms with van der Waals surface area (Å²) < 4.78 is 7.24. The molecular weight excluding hydrogens is 178 g/mol. The van der Waals surface area contributed by atoms with Gasteiger partial charge in [-0.2, -0.15) is 0 Å². The Labute approximate surface area is 84.3 Å². The monoisotopic (exact) mass is 195 g/mol. The minimum Gasteiger partial charge on any atom is -0.383 e. The number of methoxy groups -OCH3 is 1. The van der Waals surface area contributed by atoms with Crippen LogP contribution in [0.4, 0.5) is 0 Å². The van der Waals surface area contributed by atoms with Crippen molar-refractivity contribution in [3.05, 3.63) is 18.2 Å². The Hall–Kier alpha value is -0.870. The Balaban J connectivity index is 2.04. The molecule has 4 heteroatoms. The van der Waals surface area contributed by atoms with Gasteiger partial charge in [0.25, 0.3) is 0 Å². The molecule has 0 spiro atoms. The van der Waals surface area contributed by atoms with Crippen LogP contribution in [0.5, 0.6) is 0 Å². The number of ether oxygens (including phenoxy) is 1. The van der Waals surface area contributed by atoms with E-state index in [4.69, 9.17) is 4.74 Å². The van der Waals surface area contributed by atoms with Crippen molar-refractivity contribution in [3.8, 4) is 0 Å². The van der Waals surface area contributed by atoms with E-state index in [-0.39, 0.29) is 0 Å². The van der Waals surface area contributed by atoms with Crippen LogP contribution in [0.25, 0.3) is 0 Å². The molecule has 1 fully saturated rings. The Morgan fingerprint density at radius 1 is 1.71 bits per heavy atom. The molecule has 1 atom stereocenters. The summed E-state index contributed by atoms with van der Waals surface area (Å²) >= 11 is 0. The van der Waals surface area contributed by atoms with E-state index in [9.17, 15) is 0 Å². The second-order valence-electron chi connectivity index (χ2n) is 3.65. The molecule has 1 saturated heterocycles. The Morgan fingerprint density at radius 2 is 2.64 bits per heavy atom. The Kier molecular flexibility index (Phi) is 3.16. The van der Waals surface area contributed by atoms with E-state index in [0.717, 1.165) is 19.7 Å². The first-order valence-electron chi connectivity index (χ1n) is 5.14. The zero-order chi connectivity index (χ0) is 9.80. The largest absolute Gasteiger partial charge is 0.383 e. The van der Waals surface area contributed by atoms with Crippen LogP contribution in [0.15, 0.2) is 12.5 Å². The van der Waals surface area contributed by atoms with Crippen molar-refractivity contribution in [2.24, 2.45) is 0 Å². The average molecular weight is 195 g/mol. The average Bonchev–Trinajstić information content (AvgIpc) is 2.84. The van der Waals surface area contributed by atoms with Gasteiger partial charge >= 0.3 is 0 Å². The number of aromatic nitrogens is 2. The summed E-state index contributed by atoms with van der Waals surface area (Å²) in [5.41, 5.74) is 1.29. The molecule has 0 radical (unpaired) electrons. The Bertz CT molecular complexity index is 279. The molecule has 0 saturated carbocycles. The summed E-state index contributed by atoms with van der Waals surface area (Å²) in [4.78, 5) is 4.19. The molecule has 1 N–H and O–H groups in total. The molecule has 0 bridgehead atoms. The van der Waals surface area contributed by atoms with Crippen LogP contribution < -0.4 is 5.32 Å². The first-order valence-corrected chi connectivity index (χ1v) is 5.14. The maximum absolute atomic E-state index is 5.06. The van der Waals surface area contributed by atoms with Gasteiger partial charge in [0.2, 0.25) is 0 Å². The van der Waals surface area contributed by atoms with Crippen molar-refractivity contribution in [1.82, 2.24) is 14.9 Å². The van der Waals surface area contributed by atoms with E-state index in [1.54, 1.807) is 7.11 Å². The maximum Gasteiger partial charge on any atom is 0.0949 e. The molecule has 78 valence electrons. The second kappa shape index (κ2) is 4.57. The predicted molar refractivity (Wildman–Crippen MR) is 54.1 cm³/mol. The normalized spacial score (nSPS) is 21.6. The quantitative estimate of drug-likeness (QED) is 0.777. The smallest absolute Gasteiger partial charge is 0.0949 e. The molecule has 0 aromatic carbocycles. The van der Waals surface area contributed by atoms with E-state index >= 15 is 0 Å². The molecule has 0 aliphatic carbocycles. The zero-order valence-corrected chi connectivity index (χ0v) is 8.57. The number of imidazole rings is 1. The van der Waals surface area contributed by atoms with Crippen LogP contribution in [0.3, 0.4) is 0 Å². The van der Waals surface area contributed by atoms with Gasteiger partial charge in [-0.3, -0.25) is 0 Å². The van der Waals surface area contributed by atoms with Crippen LogP contribution in [-0.2, 0) is 11.3 Å². The van der Waals surface area contributed by atoms with E-state index in [1.165, 1.54) is 18.5 Å². The lowest BCUT2D eigenvalue weighted by molar-refractivity contribution is 0.186. The second-order valence-corrected chi connectivity index (χ2v) is 3.65. The number of nitrogens with one attached hydrogen (secondary N) is 1. The van der Waals surface area contributed by atoms with Crippen molar-refractivity contribution >= 4 is 0 Å². The Morgan fingerprint density at radius 3 is 3.36 bits per heavy atom. The summed E-state index contributed by atoms with van der Waals surface area (Å²) in [7, 11) is 1.73. The fraction of sp³-hybridized carbons (Fsp3) is 0.700. The summed E-state index contributed by atoms with van der Waals surface area (Å²) in [6, 6.07) is 0.495. The van der Waals surface area contributed by atoms with Gasteiger partial charge in [-0.1, -0.05) is 0 Å². The lowest BCUT2D eigenvalue weighted by Crippen LogP contribution is -2.17. The molecule has 1 aliphatic heterocycles. The molecule has 4 nitrogen and oxygen atoms in total. The SMILES string of the molecule is COCCn1cncc1[C@@H]1CCCN1. The molecule has 0 amide bonds. The van der Waals surface area contributed by atoms with Crippen LogP contribution in [-0.4, -0.2) is 29.8 Å². The van der Waals surface area contributed by atoms with Gasteiger partial charge in [0.05, 0.1) is 18.6 Å². The van der Waals surface area contributed by atoms with Gasteiger partial charge in [-0.05, 0) is 19.4 Å². The molecule has 1 aromatic heterocycles. The molecular formula is C10H17N3O. The fourth-order valence-electron chi connectivity index (χ4n) is 1.93. The third-order valence-corrected chi connectivity index (χ3v) is 2.70. The zero-order valence-electron chi connectivity index (χ0n) is 8.57. The topological polar surface area (TPSA) is 39.1 Å². The minimum atomic E-state index is 0.495. The van der Waals surface area contributed by atoms with E-state index in [0.29, 0.717) is 6.04 Å². The van der Waals surface area contributed by atoms with Crippen LogP contribution in [0.1, 0.15) is 24.6 Å². The van der Waals surface area contributed by atoms with Crippen molar-refractivity contribution in [2.75, 3.05) is 20.3 Å².